The van der Waals surface area contributed by atoms with Gasteiger partial charge in [-0.3, -0.25) is 4.79 Å². The number of nitrogens with zero attached hydrogens (tertiary/aromatic N) is 2. The smallest absolute Gasteiger partial charge is 0.242 e. The number of nitrogens with one attached hydrogen (secondary N) is 1. The fourth-order valence-electron chi connectivity index (χ4n) is 0.980. The number of nitrogen functional groups attached to an aromatic ring is 1. The first kappa shape index (κ1) is 12.6. The van der Waals surface area contributed by atoms with Gasteiger partial charge in [-0.2, -0.15) is 0 Å². The molecule has 0 spiro atoms. The third-order valence-electron chi connectivity index (χ3n) is 1.96. The van der Waals surface area contributed by atoms with Crippen molar-refractivity contribution in [3.63, 3.8) is 0 Å². The summed E-state index contributed by atoms with van der Waals surface area (Å²) in [6, 6.07) is 1.56. The van der Waals surface area contributed by atoms with Crippen LogP contribution in [0.4, 0.5) is 11.6 Å². The highest BCUT2D eigenvalue weighted by molar-refractivity contribution is 7.98. The maximum Gasteiger partial charge on any atom is 0.242 e. The van der Waals surface area contributed by atoms with Gasteiger partial charge in [-0.05, 0) is 20.1 Å². The first-order valence-corrected chi connectivity index (χ1v) is 5.84. The van der Waals surface area contributed by atoms with Crippen LogP contribution in [0.25, 0.3) is 0 Å². The number of anilines is 2. The molecule has 0 aromatic carbocycles. The second-order valence-corrected chi connectivity index (χ2v) is 4.55. The van der Waals surface area contributed by atoms with Crippen LogP contribution >= 0.6 is 11.8 Å². The molecule has 0 saturated carbocycles. The second kappa shape index (κ2) is 4.56. The maximum atomic E-state index is 11.1. The zero-order valence-electron chi connectivity index (χ0n) is 9.44. The fraction of sp³-hybridized carbons (Fsp3) is 0.444. The molecule has 1 heterocycles. The molecule has 0 bridgehead atoms. The number of aromatic nitrogens is 2. The van der Waals surface area contributed by atoms with Gasteiger partial charge in [0, 0.05) is 6.07 Å². The lowest BCUT2D eigenvalue weighted by Gasteiger charge is -2.23. The van der Waals surface area contributed by atoms with Gasteiger partial charge >= 0.3 is 0 Å². The van der Waals surface area contributed by atoms with E-state index in [0.29, 0.717) is 16.8 Å². The topological polar surface area (TPSA) is 107 Å². The van der Waals surface area contributed by atoms with Crippen LogP contribution in [-0.4, -0.2) is 27.7 Å². The number of amides is 1. The Bertz CT molecular complexity index is 407. The Kier molecular flexibility index (Phi) is 3.58. The average Bonchev–Trinajstić information content (AvgIpc) is 2.15. The molecule has 0 aliphatic rings. The summed E-state index contributed by atoms with van der Waals surface area (Å²) < 4.78 is 0. The molecule has 0 unspecified atom stereocenters. The van der Waals surface area contributed by atoms with Crippen molar-refractivity contribution in [3.05, 3.63) is 6.07 Å². The molecule has 5 N–H and O–H groups in total. The number of thioether (sulfide) groups is 1. The third kappa shape index (κ3) is 2.99. The summed E-state index contributed by atoms with van der Waals surface area (Å²) in [5, 5.41) is 3.46. The highest BCUT2D eigenvalue weighted by atomic mass is 32.2. The summed E-state index contributed by atoms with van der Waals surface area (Å²) in [6.45, 7) is 3.35. The van der Waals surface area contributed by atoms with Crippen molar-refractivity contribution in [2.45, 2.75) is 24.5 Å². The van der Waals surface area contributed by atoms with E-state index < -0.39 is 11.4 Å². The quantitative estimate of drug-likeness (QED) is 0.522. The molecule has 1 amide bonds. The standard InChI is InChI=1S/C9H15N5OS/c1-9(2,7(11)15)14-6-4-5(10)12-8(13-6)16-3/h4H,1-3H3,(H2,11,15)(H3,10,12,13,14). The highest BCUT2D eigenvalue weighted by Gasteiger charge is 2.25. The lowest BCUT2D eigenvalue weighted by atomic mass is 10.1. The van der Waals surface area contributed by atoms with Crippen molar-refractivity contribution >= 4 is 29.3 Å². The largest absolute Gasteiger partial charge is 0.383 e. The van der Waals surface area contributed by atoms with Crippen molar-refractivity contribution in [3.8, 4) is 0 Å². The molecule has 1 aromatic rings. The van der Waals surface area contributed by atoms with Crippen LogP contribution in [0.2, 0.25) is 0 Å². The van der Waals surface area contributed by atoms with E-state index in [4.69, 9.17) is 11.5 Å². The van der Waals surface area contributed by atoms with Crippen LogP contribution in [0.15, 0.2) is 11.2 Å². The normalized spacial score (nSPS) is 11.2. The van der Waals surface area contributed by atoms with E-state index in [1.54, 1.807) is 19.9 Å². The molecule has 0 atom stereocenters. The molecule has 0 saturated heterocycles. The summed E-state index contributed by atoms with van der Waals surface area (Å²) in [5.41, 5.74) is 9.98. The Balaban J connectivity index is 2.97. The average molecular weight is 241 g/mol. The summed E-state index contributed by atoms with van der Waals surface area (Å²) >= 11 is 1.37. The van der Waals surface area contributed by atoms with Gasteiger partial charge in [-0.1, -0.05) is 11.8 Å². The van der Waals surface area contributed by atoms with Crippen molar-refractivity contribution in [2.24, 2.45) is 5.73 Å². The van der Waals surface area contributed by atoms with Crippen LogP contribution < -0.4 is 16.8 Å². The second-order valence-electron chi connectivity index (χ2n) is 3.78. The Morgan fingerprint density at radius 2 is 2.12 bits per heavy atom. The predicted octanol–water partition coefficient (Wildman–Crippen LogP) is 0.456. The molecule has 0 fully saturated rings. The number of carbonyl (C=O) groups is 1. The van der Waals surface area contributed by atoms with E-state index in [2.05, 4.69) is 15.3 Å². The van der Waals surface area contributed by atoms with Crippen molar-refractivity contribution in [1.29, 1.82) is 0 Å². The van der Waals surface area contributed by atoms with Crippen LogP contribution in [0.3, 0.4) is 0 Å². The van der Waals surface area contributed by atoms with E-state index in [9.17, 15) is 4.79 Å². The van der Waals surface area contributed by atoms with Crippen LogP contribution in [-0.2, 0) is 4.79 Å². The van der Waals surface area contributed by atoms with E-state index in [0.717, 1.165) is 0 Å². The number of carbonyl (C=O) groups excluding carboxylic acids is 1. The number of nitrogens with two attached hydrogens (primary N) is 2. The van der Waals surface area contributed by atoms with Crippen LogP contribution in [0, 0.1) is 0 Å². The van der Waals surface area contributed by atoms with Gasteiger partial charge in [0.25, 0.3) is 0 Å². The molecule has 88 valence electrons. The minimum absolute atomic E-state index is 0.349. The Labute approximate surface area is 98.2 Å². The van der Waals surface area contributed by atoms with Gasteiger partial charge in [0.1, 0.15) is 17.2 Å². The summed E-state index contributed by atoms with van der Waals surface area (Å²) in [7, 11) is 0. The number of rotatable bonds is 4. The first-order valence-electron chi connectivity index (χ1n) is 4.62. The third-order valence-corrected chi connectivity index (χ3v) is 2.51. The Morgan fingerprint density at radius 1 is 1.50 bits per heavy atom. The van der Waals surface area contributed by atoms with Gasteiger partial charge < -0.3 is 16.8 Å². The molecule has 16 heavy (non-hydrogen) atoms. The van der Waals surface area contributed by atoms with Crippen molar-refractivity contribution < 1.29 is 4.79 Å². The molecular weight excluding hydrogens is 226 g/mol. The van der Waals surface area contributed by atoms with Gasteiger partial charge in [-0.15, -0.1) is 0 Å². The summed E-state index contributed by atoms with van der Waals surface area (Å²) in [5.74, 6) is 0.373. The molecule has 0 radical (unpaired) electrons. The molecule has 0 aliphatic heterocycles. The van der Waals surface area contributed by atoms with Gasteiger partial charge in [0.05, 0.1) is 0 Å². The lowest BCUT2D eigenvalue weighted by Crippen LogP contribution is -2.45. The first-order chi connectivity index (χ1) is 7.35. The van der Waals surface area contributed by atoms with Crippen molar-refractivity contribution in [2.75, 3.05) is 17.3 Å². The van der Waals surface area contributed by atoms with Gasteiger partial charge in [0.15, 0.2) is 5.16 Å². The summed E-state index contributed by atoms with van der Waals surface area (Å²) in [6.07, 6.45) is 1.85. The van der Waals surface area contributed by atoms with Gasteiger partial charge in [0.2, 0.25) is 5.91 Å². The predicted molar refractivity (Wildman–Crippen MR) is 65.1 cm³/mol. The zero-order chi connectivity index (χ0) is 12.3. The van der Waals surface area contributed by atoms with Crippen molar-refractivity contribution in [1.82, 2.24) is 9.97 Å². The SMILES string of the molecule is CSc1nc(N)cc(NC(C)(C)C(N)=O)n1. The maximum absolute atomic E-state index is 11.1. The lowest BCUT2D eigenvalue weighted by molar-refractivity contribution is -0.121. The minimum Gasteiger partial charge on any atom is -0.383 e. The number of primary amides is 1. The Hall–Kier alpha value is -1.50. The van der Waals surface area contributed by atoms with E-state index in [1.165, 1.54) is 11.8 Å². The van der Waals surface area contributed by atoms with Gasteiger partial charge in [-0.25, -0.2) is 9.97 Å². The Morgan fingerprint density at radius 3 is 2.62 bits per heavy atom. The number of hydrogen-bond donors (Lipinski definition) is 3. The zero-order valence-corrected chi connectivity index (χ0v) is 10.3. The molecule has 6 nitrogen and oxygen atoms in total. The fourth-order valence-corrected chi connectivity index (χ4v) is 1.37. The van der Waals surface area contributed by atoms with E-state index >= 15 is 0 Å². The molecule has 7 heteroatoms. The monoisotopic (exact) mass is 241 g/mol. The van der Waals surface area contributed by atoms with E-state index in [1.807, 2.05) is 6.26 Å². The van der Waals surface area contributed by atoms with Crippen LogP contribution in [0.5, 0.6) is 0 Å². The minimum atomic E-state index is -0.879. The van der Waals surface area contributed by atoms with Crippen LogP contribution in [0.1, 0.15) is 13.8 Å². The number of hydrogen-bond acceptors (Lipinski definition) is 6. The van der Waals surface area contributed by atoms with E-state index in [-0.39, 0.29) is 0 Å². The molecular formula is C9H15N5OS. The molecule has 1 rings (SSSR count). The molecule has 0 aliphatic carbocycles. The molecule has 1 aromatic heterocycles. The highest BCUT2D eigenvalue weighted by Crippen LogP contribution is 2.18. The summed E-state index contributed by atoms with van der Waals surface area (Å²) in [4.78, 5) is 19.3.